The molecule has 1 saturated carbocycles. The van der Waals surface area contributed by atoms with Gasteiger partial charge in [0, 0.05) is 0 Å². The van der Waals surface area contributed by atoms with Gasteiger partial charge in [0.25, 0.3) is 0 Å². The third-order valence-electron chi connectivity index (χ3n) is 3.94. The van der Waals surface area contributed by atoms with Crippen molar-refractivity contribution >= 4 is 8.32 Å². The predicted molar refractivity (Wildman–Crippen MR) is 78.5 cm³/mol. The summed E-state index contributed by atoms with van der Waals surface area (Å²) in [6, 6.07) is 0. The monoisotopic (exact) mass is 252 g/mol. The van der Waals surface area contributed by atoms with Gasteiger partial charge in [0.15, 0.2) is 0 Å². The van der Waals surface area contributed by atoms with Gasteiger partial charge in [0.05, 0.1) is 6.10 Å². The van der Waals surface area contributed by atoms with Crippen molar-refractivity contribution < 1.29 is 4.43 Å². The molecule has 1 aliphatic rings. The Labute approximate surface area is 108 Å². The van der Waals surface area contributed by atoms with Crippen LogP contribution in [-0.4, -0.2) is 14.4 Å². The zero-order valence-corrected chi connectivity index (χ0v) is 12.7. The van der Waals surface area contributed by atoms with Crippen molar-refractivity contribution in [1.29, 1.82) is 0 Å². The van der Waals surface area contributed by atoms with Gasteiger partial charge in [-0.25, -0.2) is 0 Å². The van der Waals surface area contributed by atoms with Crippen molar-refractivity contribution in [2.45, 2.75) is 58.2 Å². The van der Waals surface area contributed by atoms with Crippen LogP contribution in [0.15, 0.2) is 24.9 Å². The fourth-order valence-electron chi connectivity index (χ4n) is 2.63. The molecule has 1 rings (SSSR count). The molecule has 0 aromatic carbocycles. The fourth-order valence-corrected chi connectivity index (χ4v) is 3.83. The van der Waals surface area contributed by atoms with E-state index < -0.39 is 8.32 Å². The average Bonchev–Trinajstić information content (AvgIpc) is 2.36. The molecule has 1 nitrogen and oxygen atoms in total. The maximum absolute atomic E-state index is 6.43. The Hall–Kier alpha value is -0.343. The Bertz CT molecular complexity index is 254. The molecule has 0 unspecified atom stereocenters. The average molecular weight is 252 g/mol. The molecule has 0 amide bonds. The highest BCUT2D eigenvalue weighted by atomic mass is 28.4. The first-order chi connectivity index (χ1) is 8.00. The SMILES string of the molecule is C=C[C@@H](C)[C@@H](O[Si](C)(C)C=C)C1CCCCC1. The van der Waals surface area contributed by atoms with E-state index in [9.17, 15) is 0 Å². The molecule has 2 atom stereocenters. The lowest BCUT2D eigenvalue weighted by atomic mass is 9.81. The maximum Gasteiger partial charge on any atom is 0.210 e. The van der Waals surface area contributed by atoms with E-state index in [4.69, 9.17) is 4.43 Å². The zero-order chi connectivity index (χ0) is 12.9. The van der Waals surface area contributed by atoms with Gasteiger partial charge in [-0.1, -0.05) is 38.0 Å². The molecule has 0 aliphatic heterocycles. The highest BCUT2D eigenvalue weighted by Crippen LogP contribution is 2.33. The fraction of sp³-hybridized carbons (Fsp3) is 0.733. The van der Waals surface area contributed by atoms with Crippen molar-refractivity contribution in [1.82, 2.24) is 0 Å². The first-order valence-electron chi connectivity index (χ1n) is 6.94. The first kappa shape index (κ1) is 14.7. The van der Waals surface area contributed by atoms with E-state index in [1.807, 2.05) is 11.8 Å². The van der Waals surface area contributed by atoms with E-state index in [1.165, 1.54) is 32.1 Å². The van der Waals surface area contributed by atoms with Crippen LogP contribution in [0.25, 0.3) is 0 Å². The lowest BCUT2D eigenvalue weighted by molar-refractivity contribution is 0.0730. The molecule has 0 bridgehead atoms. The Kier molecular flexibility index (Phi) is 5.67. The second kappa shape index (κ2) is 6.55. The third-order valence-corrected chi connectivity index (χ3v) is 5.80. The van der Waals surface area contributed by atoms with Crippen molar-refractivity contribution in [2.24, 2.45) is 11.8 Å². The largest absolute Gasteiger partial charge is 0.410 e. The predicted octanol–water partition coefficient (Wildman–Crippen LogP) is 4.70. The highest BCUT2D eigenvalue weighted by Gasteiger charge is 2.32. The molecule has 1 fully saturated rings. The minimum Gasteiger partial charge on any atom is -0.410 e. The van der Waals surface area contributed by atoms with Gasteiger partial charge in [0.1, 0.15) is 0 Å². The minimum absolute atomic E-state index is 0.354. The molecule has 0 radical (unpaired) electrons. The molecule has 0 N–H and O–H groups in total. The second-order valence-electron chi connectivity index (χ2n) is 5.88. The van der Waals surface area contributed by atoms with Gasteiger partial charge in [-0.2, -0.15) is 0 Å². The molecule has 0 saturated heterocycles. The third kappa shape index (κ3) is 4.44. The molecule has 1 aliphatic carbocycles. The molecule has 0 aromatic heterocycles. The van der Waals surface area contributed by atoms with E-state index in [0.717, 1.165) is 5.92 Å². The van der Waals surface area contributed by atoms with Crippen LogP contribution in [0.2, 0.25) is 13.1 Å². The standard InChI is InChI=1S/C15H28OSi/c1-6-13(3)15(16-17(4,5)7-2)14-11-9-8-10-12-14/h6-7,13-15H,1-2,8-12H2,3-5H3/t13-,15-/m1/s1. The number of hydrogen-bond donors (Lipinski definition) is 0. The second-order valence-corrected chi connectivity index (χ2v) is 9.73. The van der Waals surface area contributed by atoms with E-state index in [2.05, 4.69) is 33.2 Å². The summed E-state index contributed by atoms with van der Waals surface area (Å²) in [4.78, 5) is 0. The van der Waals surface area contributed by atoms with Crippen LogP contribution in [0.1, 0.15) is 39.0 Å². The van der Waals surface area contributed by atoms with Crippen LogP contribution in [0.3, 0.4) is 0 Å². The summed E-state index contributed by atoms with van der Waals surface area (Å²) in [6.45, 7) is 14.6. The molecule has 0 aromatic rings. The van der Waals surface area contributed by atoms with E-state index in [0.29, 0.717) is 12.0 Å². The first-order valence-corrected chi connectivity index (χ1v) is 9.92. The molecule has 98 valence electrons. The summed E-state index contributed by atoms with van der Waals surface area (Å²) < 4.78 is 6.43. The van der Waals surface area contributed by atoms with Crippen LogP contribution < -0.4 is 0 Å². The van der Waals surface area contributed by atoms with Crippen molar-refractivity contribution in [2.75, 3.05) is 0 Å². The Morgan fingerprint density at radius 3 is 2.24 bits per heavy atom. The zero-order valence-electron chi connectivity index (χ0n) is 11.7. The lowest BCUT2D eigenvalue weighted by Crippen LogP contribution is -2.41. The normalized spacial score (nSPS) is 21.8. The van der Waals surface area contributed by atoms with Crippen LogP contribution in [0.4, 0.5) is 0 Å². The Balaban J connectivity index is 2.71. The van der Waals surface area contributed by atoms with Crippen molar-refractivity contribution in [3.05, 3.63) is 24.9 Å². The van der Waals surface area contributed by atoms with Gasteiger partial charge in [-0.15, -0.1) is 13.2 Å². The van der Waals surface area contributed by atoms with Crippen molar-refractivity contribution in [3.63, 3.8) is 0 Å². The maximum atomic E-state index is 6.43. The molecule has 0 spiro atoms. The quantitative estimate of drug-likeness (QED) is 0.491. The number of rotatable bonds is 6. The smallest absolute Gasteiger partial charge is 0.210 e. The summed E-state index contributed by atoms with van der Waals surface area (Å²) in [5.41, 5.74) is 2.04. The minimum atomic E-state index is -1.69. The molecule has 0 heterocycles. The van der Waals surface area contributed by atoms with Gasteiger partial charge in [0.2, 0.25) is 8.32 Å². The van der Waals surface area contributed by atoms with Gasteiger partial charge in [-0.05, 0) is 37.8 Å². The van der Waals surface area contributed by atoms with E-state index >= 15 is 0 Å². The summed E-state index contributed by atoms with van der Waals surface area (Å²) in [5.74, 6) is 1.17. The molecular formula is C15H28OSi. The topological polar surface area (TPSA) is 9.23 Å². The van der Waals surface area contributed by atoms with Gasteiger partial charge in [-0.3, -0.25) is 0 Å². The summed E-state index contributed by atoms with van der Waals surface area (Å²) >= 11 is 0. The molecular weight excluding hydrogens is 224 g/mol. The van der Waals surface area contributed by atoms with Crippen LogP contribution in [0, 0.1) is 11.8 Å². The van der Waals surface area contributed by atoms with Crippen LogP contribution in [-0.2, 0) is 4.43 Å². The molecule has 2 heteroatoms. The van der Waals surface area contributed by atoms with E-state index in [1.54, 1.807) is 0 Å². The number of hydrogen-bond acceptors (Lipinski definition) is 1. The van der Waals surface area contributed by atoms with Crippen LogP contribution in [0.5, 0.6) is 0 Å². The van der Waals surface area contributed by atoms with Crippen LogP contribution >= 0.6 is 0 Å². The summed E-state index contributed by atoms with van der Waals surface area (Å²) in [6.07, 6.45) is 9.18. The lowest BCUT2D eigenvalue weighted by Gasteiger charge is -2.37. The Morgan fingerprint density at radius 1 is 1.18 bits per heavy atom. The summed E-state index contributed by atoms with van der Waals surface area (Å²) in [7, 11) is -1.69. The Morgan fingerprint density at radius 2 is 1.76 bits per heavy atom. The molecule has 17 heavy (non-hydrogen) atoms. The van der Waals surface area contributed by atoms with E-state index in [-0.39, 0.29) is 0 Å². The highest BCUT2D eigenvalue weighted by molar-refractivity contribution is 6.76. The van der Waals surface area contributed by atoms with Gasteiger partial charge < -0.3 is 4.43 Å². The summed E-state index contributed by atoms with van der Waals surface area (Å²) in [5, 5.41) is 0. The van der Waals surface area contributed by atoms with Gasteiger partial charge >= 0.3 is 0 Å². The van der Waals surface area contributed by atoms with Crippen molar-refractivity contribution in [3.8, 4) is 0 Å².